The Morgan fingerprint density at radius 2 is 2.08 bits per heavy atom. The van der Waals surface area contributed by atoms with E-state index in [-0.39, 0.29) is 17.7 Å². The predicted octanol–water partition coefficient (Wildman–Crippen LogP) is 4.07. The van der Waals surface area contributed by atoms with E-state index in [0.29, 0.717) is 16.6 Å². The zero-order valence-electron chi connectivity index (χ0n) is 12.9. The molecule has 0 aliphatic rings. The van der Waals surface area contributed by atoms with E-state index in [4.69, 9.17) is 4.74 Å². The number of fused-ring (bicyclic) bond motifs is 1. The van der Waals surface area contributed by atoms with Gasteiger partial charge < -0.3 is 9.72 Å². The van der Waals surface area contributed by atoms with Gasteiger partial charge in [0, 0.05) is 33.3 Å². The van der Waals surface area contributed by atoms with Gasteiger partial charge in [0.25, 0.3) is 0 Å². The second-order valence-corrected chi connectivity index (χ2v) is 6.96. The highest BCUT2D eigenvalue weighted by Crippen LogP contribution is 2.26. The lowest BCUT2D eigenvalue weighted by molar-refractivity contribution is 0.0470. The maximum absolute atomic E-state index is 12.4. The van der Waals surface area contributed by atoms with Crippen molar-refractivity contribution < 1.29 is 9.53 Å². The molecule has 0 saturated heterocycles. The summed E-state index contributed by atoms with van der Waals surface area (Å²) in [6.45, 7) is 0.0700. The molecule has 0 radical (unpaired) electrons. The summed E-state index contributed by atoms with van der Waals surface area (Å²) in [7, 11) is 0. The first-order chi connectivity index (χ1) is 12.2. The predicted molar refractivity (Wildman–Crippen MR) is 99.1 cm³/mol. The van der Waals surface area contributed by atoms with Gasteiger partial charge in [-0.05, 0) is 17.5 Å². The third-order valence-electron chi connectivity index (χ3n) is 3.64. The Labute approximate surface area is 150 Å². The van der Waals surface area contributed by atoms with Crippen molar-refractivity contribution in [3.8, 4) is 10.6 Å². The molecule has 124 valence electrons. The number of benzene rings is 1. The number of rotatable bonds is 4. The summed E-state index contributed by atoms with van der Waals surface area (Å²) in [5, 5.41) is 7.44. The number of esters is 1. The third-order valence-corrected chi connectivity index (χ3v) is 5.26. The van der Waals surface area contributed by atoms with Gasteiger partial charge in [0.2, 0.25) is 5.56 Å². The van der Waals surface area contributed by atoms with Crippen LogP contribution in [0.25, 0.3) is 21.5 Å². The molecule has 3 aromatic heterocycles. The molecular weight excluding hydrogens is 356 g/mol. The minimum absolute atomic E-state index is 0.0700. The molecule has 3 heterocycles. The number of carbonyl (C=O) groups is 1. The van der Waals surface area contributed by atoms with Crippen LogP contribution in [0.4, 0.5) is 0 Å². The van der Waals surface area contributed by atoms with Crippen molar-refractivity contribution in [2.24, 2.45) is 0 Å². The zero-order valence-corrected chi connectivity index (χ0v) is 14.5. The first-order valence-corrected chi connectivity index (χ1v) is 9.29. The second kappa shape index (κ2) is 6.62. The Morgan fingerprint density at radius 3 is 2.92 bits per heavy atom. The zero-order chi connectivity index (χ0) is 17.2. The van der Waals surface area contributed by atoms with E-state index < -0.39 is 5.97 Å². The molecular formula is C18H12N2O3S2. The van der Waals surface area contributed by atoms with E-state index in [1.165, 1.54) is 17.4 Å². The minimum atomic E-state index is -0.535. The van der Waals surface area contributed by atoms with Gasteiger partial charge in [-0.15, -0.1) is 11.3 Å². The van der Waals surface area contributed by atoms with Gasteiger partial charge in [-0.3, -0.25) is 4.79 Å². The summed E-state index contributed by atoms with van der Waals surface area (Å²) in [5.41, 5.74) is 2.28. The highest BCUT2D eigenvalue weighted by Gasteiger charge is 2.14. The third kappa shape index (κ3) is 3.24. The fourth-order valence-corrected chi connectivity index (χ4v) is 4.00. The van der Waals surface area contributed by atoms with Gasteiger partial charge in [-0.25, -0.2) is 9.78 Å². The largest absolute Gasteiger partial charge is 0.456 e. The molecule has 0 saturated carbocycles. The molecule has 5 nitrogen and oxygen atoms in total. The van der Waals surface area contributed by atoms with Gasteiger partial charge in [-0.2, -0.15) is 11.3 Å². The summed E-state index contributed by atoms with van der Waals surface area (Å²) < 4.78 is 5.36. The second-order valence-electron chi connectivity index (χ2n) is 5.33. The number of hydrogen-bond donors (Lipinski definition) is 1. The lowest BCUT2D eigenvalue weighted by Gasteiger charge is -2.06. The van der Waals surface area contributed by atoms with Crippen molar-refractivity contribution in [2.75, 3.05) is 0 Å². The topological polar surface area (TPSA) is 72.0 Å². The van der Waals surface area contributed by atoms with Crippen LogP contribution in [-0.2, 0) is 11.3 Å². The van der Waals surface area contributed by atoms with Crippen LogP contribution in [0.1, 0.15) is 16.1 Å². The number of aromatic amines is 1. The maximum Gasteiger partial charge on any atom is 0.339 e. The van der Waals surface area contributed by atoms with Gasteiger partial charge in [-0.1, -0.05) is 18.2 Å². The number of thiazole rings is 1. The van der Waals surface area contributed by atoms with Crippen molar-refractivity contribution >= 4 is 39.5 Å². The molecule has 0 atom stereocenters. The molecule has 25 heavy (non-hydrogen) atoms. The number of para-hydroxylation sites is 1. The van der Waals surface area contributed by atoms with Gasteiger partial charge in [0.15, 0.2) is 0 Å². The van der Waals surface area contributed by atoms with E-state index >= 15 is 0 Å². The number of pyridine rings is 1. The van der Waals surface area contributed by atoms with E-state index in [2.05, 4.69) is 9.97 Å². The van der Waals surface area contributed by atoms with Gasteiger partial charge in [0.1, 0.15) is 11.6 Å². The van der Waals surface area contributed by atoms with Crippen molar-refractivity contribution in [1.29, 1.82) is 0 Å². The molecule has 0 unspecified atom stereocenters. The molecule has 0 aliphatic heterocycles. The Hall–Kier alpha value is -2.77. The Bertz CT molecular complexity index is 1100. The van der Waals surface area contributed by atoms with Crippen LogP contribution < -0.4 is 5.56 Å². The lowest BCUT2D eigenvalue weighted by Crippen LogP contribution is -2.13. The Kier molecular flexibility index (Phi) is 4.17. The fourth-order valence-electron chi connectivity index (χ4n) is 2.48. The van der Waals surface area contributed by atoms with Crippen molar-refractivity contribution in [3.63, 3.8) is 0 Å². The molecule has 7 heteroatoms. The molecule has 4 rings (SSSR count). The summed E-state index contributed by atoms with van der Waals surface area (Å²) in [6, 6.07) is 10.4. The number of aromatic nitrogens is 2. The average molecular weight is 368 g/mol. The monoisotopic (exact) mass is 368 g/mol. The average Bonchev–Trinajstić information content (AvgIpc) is 3.30. The minimum Gasteiger partial charge on any atom is -0.456 e. The van der Waals surface area contributed by atoms with Crippen LogP contribution in [0.5, 0.6) is 0 Å². The Balaban J connectivity index is 1.54. The van der Waals surface area contributed by atoms with Crippen LogP contribution in [0.2, 0.25) is 0 Å². The number of H-pyrrole nitrogens is 1. The molecule has 4 aromatic rings. The first-order valence-electron chi connectivity index (χ1n) is 7.47. The highest BCUT2D eigenvalue weighted by atomic mass is 32.1. The smallest absolute Gasteiger partial charge is 0.339 e. The first kappa shape index (κ1) is 15.7. The number of nitrogens with one attached hydrogen (secondary N) is 1. The molecule has 0 fully saturated rings. The summed E-state index contributed by atoms with van der Waals surface area (Å²) >= 11 is 3.12. The highest BCUT2D eigenvalue weighted by molar-refractivity contribution is 7.14. The number of ether oxygens (including phenoxy) is 1. The van der Waals surface area contributed by atoms with Crippen molar-refractivity contribution in [1.82, 2.24) is 9.97 Å². The molecule has 1 aromatic carbocycles. The standard InChI is InChI=1S/C18H12N2O3S2/c21-16-7-14(13-3-1-2-4-15(13)20-16)18(22)23-8-12-10-25-17(19-12)11-5-6-24-9-11/h1-7,9-10H,8H2,(H,20,21). The van der Waals surface area contributed by atoms with Crippen LogP contribution in [0.3, 0.4) is 0 Å². The van der Waals surface area contributed by atoms with E-state index in [9.17, 15) is 9.59 Å². The fraction of sp³-hybridized carbons (Fsp3) is 0.0556. The maximum atomic E-state index is 12.4. The summed E-state index contributed by atoms with van der Waals surface area (Å²) in [6.07, 6.45) is 0. The van der Waals surface area contributed by atoms with Crippen LogP contribution >= 0.6 is 22.7 Å². The van der Waals surface area contributed by atoms with Gasteiger partial charge >= 0.3 is 5.97 Å². The molecule has 0 aliphatic carbocycles. The van der Waals surface area contributed by atoms with Crippen LogP contribution in [0.15, 0.2) is 57.3 Å². The van der Waals surface area contributed by atoms with E-state index in [0.717, 1.165) is 10.6 Å². The molecule has 1 N–H and O–H groups in total. The van der Waals surface area contributed by atoms with E-state index in [1.807, 2.05) is 28.3 Å². The van der Waals surface area contributed by atoms with Gasteiger partial charge in [0.05, 0.1) is 11.3 Å². The van der Waals surface area contributed by atoms with E-state index in [1.54, 1.807) is 29.5 Å². The normalized spacial score (nSPS) is 10.9. The van der Waals surface area contributed by atoms with Crippen LogP contribution in [-0.4, -0.2) is 15.9 Å². The lowest BCUT2D eigenvalue weighted by atomic mass is 10.1. The van der Waals surface area contributed by atoms with Crippen molar-refractivity contribution in [3.05, 3.63) is 74.1 Å². The van der Waals surface area contributed by atoms with Crippen LogP contribution in [0, 0.1) is 0 Å². The summed E-state index contributed by atoms with van der Waals surface area (Å²) in [4.78, 5) is 31.3. The molecule has 0 bridgehead atoms. The Morgan fingerprint density at radius 1 is 1.20 bits per heavy atom. The summed E-state index contributed by atoms with van der Waals surface area (Å²) in [5.74, 6) is -0.535. The number of hydrogen-bond acceptors (Lipinski definition) is 6. The number of thiophene rings is 1. The number of nitrogens with zero attached hydrogens (tertiary/aromatic N) is 1. The van der Waals surface area contributed by atoms with Crippen molar-refractivity contribution in [2.45, 2.75) is 6.61 Å². The quantitative estimate of drug-likeness (QED) is 0.551. The molecule has 0 spiro atoms. The number of carbonyl (C=O) groups excluding carboxylic acids is 1. The SMILES string of the molecule is O=C(OCc1csc(-c2ccsc2)n1)c1cc(=O)[nH]c2ccccc12. The molecule has 0 amide bonds.